The average Bonchev–Trinajstić information content (AvgIpc) is 3.20. The number of aromatic nitrogens is 4. The molecule has 2 fully saturated rings. The van der Waals surface area contributed by atoms with Gasteiger partial charge in [-0.3, -0.25) is 13.9 Å². The molecule has 0 bridgehead atoms. The zero-order valence-corrected chi connectivity index (χ0v) is 24.3. The number of alkyl halides is 1. The third-order valence-electron chi connectivity index (χ3n) is 6.70. The molecule has 1 saturated carbocycles. The molecule has 222 valence electrons. The highest BCUT2D eigenvalue weighted by atomic mass is 31.2. The van der Waals surface area contributed by atoms with Crippen molar-refractivity contribution in [2.75, 3.05) is 12.3 Å². The lowest BCUT2D eigenvalue weighted by Crippen LogP contribution is -2.36. The molecule has 1 aliphatic carbocycles. The number of hydrogen-bond acceptors (Lipinski definition) is 11. The highest BCUT2D eigenvalue weighted by Crippen LogP contribution is 2.63. The summed E-state index contributed by atoms with van der Waals surface area (Å²) < 4.78 is 60.3. The molecular formula is C26H34FN6O7P. The van der Waals surface area contributed by atoms with Crippen molar-refractivity contribution in [1.29, 1.82) is 0 Å². The molecule has 15 heteroatoms. The predicted octanol–water partition coefficient (Wildman–Crippen LogP) is 4.10. The zero-order valence-electron chi connectivity index (χ0n) is 23.4. The van der Waals surface area contributed by atoms with Crippen LogP contribution in [0.4, 0.5) is 10.3 Å². The Kier molecular flexibility index (Phi) is 7.70. The van der Waals surface area contributed by atoms with Gasteiger partial charge in [-0.15, -0.1) is 0 Å². The van der Waals surface area contributed by atoms with E-state index in [9.17, 15) is 9.36 Å². The van der Waals surface area contributed by atoms with E-state index < -0.39 is 43.4 Å². The fraction of sp³-hybridized carbons (Fsp3) is 0.538. The van der Waals surface area contributed by atoms with Gasteiger partial charge < -0.3 is 24.5 Å². The number of imidazole rings is 1. The molecule has 5 rings (SSSR count). The van der Waals surface area contributed by atoms with Crippen LogP contribution in [0.3, 0.4) is 0 Å². The molecular weight excluding hydrogens is 558 g/mol. The summed E-state index contributed by atoms with van der Waals surface area (Å²) in [6.07, 6.45) is -0.743. The second-order valence-electron chi connectivity index (χ2n) is 10.7. The Labute approximate surface area is 236 Å². The van der Waals surface area contributed by atoms with Crippen LogP contribution in [0.2, 0.25) is 0 Å². The van der Waals surface area contributed by atoms with Crippen LogP contribution in [0.1, 0.15) is 53.7 Å². The van der Waals surface area contributed by atoms with E-state index in [0.29, 0.717) is 12.1 Å². The van der Waals surface area contributed by atoms with Crippen molar-refractivity contribution in [2.45, 2.75) is 83.2 Å². The number of ether oxygens (including phenoxy) is 3. The monoisotopic (exact) mass is 592 g/mol. The van der Waals surface area contributed by atoms with Gasteiger partial charge in [0.2, 0.25) is 11.8 Å². The van der Waals surface area contributed by atoms with Crippen molar-refractivity contribution in [2.24, 2.45) is 0 Å². The average molecular weight is 593 g/mol. The number of fused-ring (bicyclic) bond motifs is 1. The summed E-state index contributed by atoms with van der Waals surface area (Å²) in [4.78, 5) is 25.1. The van der Waals surface area contributed by atoms with Gasteiger partial charge in [0, 0.05) is 12.8 Å². The SMILES string of the molecule is CCOc1nc(N)nc2c1ncn2[C@@H]1O[C@@]2(C[C@H]2OP(=O)(N[C@H](C)C(=O)OC(C)C)Oc2ccccc2)C[C@@]1(C)F. The molecule has 13 nitrogen and oxygen atoms in total. The fourth-order valence-electron chi connectivity index (χ4n) is 4.91. The fourth-order valence-corrected chi connectivity index (χ4v) is 6.65. The lowest BCUT2D eigenvalue weighted by atomic mass is 10.0. The second-order valence-corrected chi connectivity index (χ2v) is 12.3. The largest absolute Gasteiger partial charge is 0.476 e. The number of carbonyl (C=O) groups excluding carboxylic acids is 1. The van der Waals surface area contributed by atoms with E-state index in [4.69, 9.17) is 29.0 Å². The number of nitrogens with zero attached hydrogens (tertiary/aromatic N) is 4. The van der Waals surface area contributed by atoms with E-state index in [-0.39, 0.29) is 42.2 Å². The van der Waals surface area contributed by atoms with Crippen molar-refractivity contribution in [3.8, 4) is 11.6 Å². The number of esters is 1. The van der Waals surface area contributed by atoms with Crippen molar-refractivity contribution in [3.63, 3.8) is 0 Å². The number of anilines is 1. The third-order valence-corrected chi connectivity index (χ3v) is 8.38. The summed E-state index contributed by atoms with van der Waals surface area (Å²) in [6, 6.07) is 7.37. The van der Waals surface area contributed by atoms with Crippen LogP contribution in [-0.4, -0.2) is 61.6 Å². The summed E-state index contributed by atoms with van der Waals surface area (Å²) in [5.74, 6) is -0.238. The van der Waals surface area contributed by atoms with E-state index in [1.165, 1.54) is 24.7 Å². The summed E-state index contributed by atoms with van der Waals surface area (Å²) in [5.41, 5.74) is 3.45. The van der Waals surface area contributed by atoms with E-state index in [2.05, 4.69) is 20.0 Å². The summed E-state index contributed by atoms with van der Waals surface area (Å²) in [6.45, 7) is 8.43. The van der Waals surface area contributed by atoms with Crippen LogP contribution >= 0.6 is 7.75 Å². The van der Waals surface area contributed by atoms with E-state index in [1.807, 2.05) is 0 Å². The van der Waals surface area contributed by atoms with Gasteiger partial charge in [0.15, 0.2) is 23.1 Å². The molecule has 1 unspecified atom stereocenters. The number of carbonyl (C=O) groups is 1. The number of halogens is 1. The van der Waals surface area contributed by atoms with Crippen molar-refractivity contribution in [3.05, 3.63) is 36.7 Å². The van der Waals surface area contributed by atoms with Gasteiger partial charge >= 0.3 is 13.7 Å². The number of benzene rings is 1. The van der Waals surface area contributed by atoms with Gasteiger partial charge in [0.05, 0.1) is 19.0 Å². The molecule has 3 heterocycles. The lowest BCUT2D eigenvalue weighted by Gasteiger charge is -2.24. The van der Waals surface area contributed by atoms with Crippen molar-refractivity contribution < 1.29 is 37.0 Å². The minimum atomic E-state index is -4.17. The Morgan fingerprint density at radius 1 is 1.29 bits per heavy atom. The smallest absolute Gasteiger partial charge is 0.459 e. The maximum atomic E-state index is 16.1. The number of nitrogens with two attached hydrogens (primary N) is 1. The quantitative estimate of drug-likeness (QED) is 0.243. The standard InChI is InChI=1S/C26H34FN6O7P/c1-6-36-21-19-20(30-24(28)31-21)33(14-29-19)23-25(5,27)13-26(38-23)12-18(26)40-41(35,39-17-10-8-7-9-11-17)32-16(4)22(34)37-15(2)3/h7-11,14-16,18,23H,6,12-13H2,1-5H3,(H,32,35)(H2,28,30,31)/t16-,18-,23-,25-,26+,41?/m1/s1. The van der Waals surface area contributed by atoms with Crippen LogP contribution < -0.4 is 20.1 Å². The Morgan fingerprint density at radius 3 is 2.71 bits per heavy atom. The minimum Gasteiger partial charge on any atom is -0.476 e. The van der Waals surface area contributed by atoms with Gasteiger partial charge in [-0.05, 0) is 46.8 Å². The predicted molar refractivity (Wildman–Crippen MR) is 146 cm³/mol. The van der Waals surface area contributed by atoms with Gasteiger partial charge in [-0.1, -0.05) is 18.2 Å². The first-order chi connectivity index (χ1) is 19.3. The summed E-state index contributed by atoms with van der Waals surface area (Å²) >= 11 is 0. The molecule has 0 radical (unpaired) electrons. The van der Waals surface area contributed by atoms with E-state index in [0.717, 1.165) is 0 Å². The number of hydrogen-bond donors (Lipinski definition) is 2. The summed E-state index contributed by atoms with van der Waals surface area (Å²) in [5, 5.41) is 2.66. The Bertz CT molecular complexity index is 1470. The molecule has 2 aromatic heterocycles. The van der Waals surface area contributed by atoms with Crippen LogP contribution in [0.15, 0.2) is 36.7 Å². The van der Waals surface area contributed by atoms with Crippen LogP contribution in [0.25, 0.3) is 11.2 Å². The molecule has 6 atom stereocenters. The van der Waals surface area contributed by atoms with Crippen LogP contribution in [0.5, 0.6) is 11.6 Å². The molecule has 1 saturated heterocycles. The molecule has 1 aromatic carbocycles. The molecule has 41 heavy (non-hydrogen) atoms. The third kappa shape index (κ3) is 6.01. The Balaban J connectivity index is 1.38. The first-order valence-corrected chi connectivity index (χ1v) is 14.9. The maximum absolute atomic E-state index is 16.1. The Hall–Kier alpha value is -3.32. The van der Waals surface area contributed by atoms with Crippen molar-refractivity contribution in [1.82, 2.24) is 24.6 Å². The zero-order chi connectivity index (χ0) is 29.6. The van der Waals surface area contributed by atoms with Crippen molar-refractivity contribution >= 4 is 30.8 Å². The van der Waals surface area contributed by atoms with Crippen LogP contribution in [-0.2, 0) is 23.4 Å². The first-order valence-electron chi connectivity index (χ1n) is 13.4. The normalized spacial score (nSPS) is 27.6. The van der Waals surface area contributed by atoms with E-state index in [1.54, 1.807) is 51.1 Å². The molecule has 0 amide bonds. The van der Waals surface area contributed by atoms with E-state index >= 15 is 4.39 Å². The van der Waals surface area contributed by atoms with Gasteiger partial charge in [-0.2, -0.15) is 15.1 Å². The van der Waals surface area contributed by atoms with Crippen LogP contribution in [0, 0.1) is 0 Å². The maximum Gasteiger partial charge on any atom is 0.459 e. The number of nitrogens with one attached hydrogen (secondary N) is 1. The topological polar surface area (TPSA) is 162 Å². The first kappa shape index (κ1) is 29.2. The minimum absolute atomic E-state index is 0.0567. The van der Waals surface area contributed by atoms with Gasteiger partial charge in [-0.25, -0.2) is 13.9 Å². The molecule has 1 aliphatic heterocycles. The second kappa shape index (κ2) is 10.8. The molecule has 3 aromatic rings. The highest BCUT2D eigenvalue weighted by molar-refractivity contribution is 7.52. The Morgan fingerprint density at radius 2 is 2.02 bits per heavy atom. The highest BCUT2D eigenvalue weighted by Gasteiger charge is 2.70. The number of nitrogen functional groups attached to an aromatic ring is 1. The molecule has 2 aliphatic rings. The molecule has 1 spiro atoms. The number of para-hydroxylation sites is 1. The van der Waals surface area contributed by atoms with Gasteiger partial charge in [0.1, 0.15) is 23.5 Å². The summed E-state index contributed by atoms with van der Waals surface area (Å²) in [7, 11) is -4.17. The van der Waals surface area contributed by atoms with Gasteiger partial charge in [0.25, 0.3) is 0 Å². The number of rotatable bonds is 11. The lowest BCUT2D eigenvalue weighted by molar-refractivity contribution is -0.149. The molecule has 3 N–H and O–H groups in total.